The molecule has 1 N–H and O–H groups in total. The van der Waals surface area contributed by atoms with E-state index in [4.69, 9.17) is 0 Å². The Morgan fingerprint density at radius 1 is 1.33 bits per heavy atom. The highest BCUT2D eigenvalue weighted by Crippen LogP contribution is 2.28. The first-order valence-corrected chi connectivity index (χ1v) is 5.61. The number of nitrogens with one attached hydrogen (secondary N) is 1. The predicted octanol–water partition coefficient (Wildman–Crippen LogP) is 1.27. The summed E-state index contributed by atoms with van der Waals surface area (Å²) in [6.07, 6.45) is 2.50. The van der Waals surface area contributed by atoms with Crippen LogP contribution < -0.4 is 5.32 Å². The summed E-state index contributed by atoms with van der Waals surface area (Å²) in [7, 11) is 6.15. The van der Waals surface area contributed by atoms with E-state index in [1.807, 2.05) is 18.8 Å². The molecule has 1 aromatic rings. The molecule has 84 valence electrons. The fourth-order valence-corrected chi connectivity index (χ4v) is 2.29. The van der Waals surface area contributed by atoms with Gasteiger partial charge < -0.3 is 10.2 Å². The monoisotopic (exact) mass is 208 g/mol. The average molecular weight is 208 g/mol. The first-order chi connectivity index (χ1) is 7.20. The summed E-state index contributed by atoms with van der Waals surface area (Å²) in [6, 6.07) is 2.18. The first kappa shape index (κ1) is 10.5. The van der Waals surface area contributed by atoms with E-state index in [0.717, 1.165) is 5.82 Å². The Hall–Kier alpha value is -1.03. The average Bonchev–Trinajstić information content (AvgIpc) is 2.61. The van der Waals surface area contributed by atoms with Gasteiger partial charge in [0.2, 0.25) is 0 Å². The molecule has 0 atom stereocenters. The SMILES string of the molecule is CNc1cc(C2CCN(C)CC2)n(C)n1. The largest absolute Gasteiger partial charge is 0.372 e. The van der Waals surface area contributed by atoms with Crippen molar-refractivity contribution in [3.8, 4) is 0 Å². The number of hydrogen-bond acceptors (Lipinski definition) is 3. The van der Waals surface area contributed by atoms with Gasteiger partial charge in [0.25, 0.3) is 0 Å². The lowest BCUT2D eigenvalue weighted by Gasteiger charge is -2.28. The minimum absolute atomic E-state index is 0.681. The lowest BCUT2D eigenvalue weighted by Crippen LogP contribution is -2.29. The number of aryl methyl sites for hydroxylation is 1. The fraction of sp³-hybridized carbons (Fsp3) is 0.727. The summed E-state index contributed by atoms with van der Waals surface area (Å²) in [4.78, 5) is 2.39. The van der Waals surface area contributed by atoms with Gasteiger partial charge in [-0.25, -0.2) is 0 Å². The van der Waals surface area contributed by atoms with Crippen molar-refractivity contribution >= 4 is 5.82 Å². The molecule has 1 fully saturated rings. The lowest BCUT2D eigenvalue weighted by atomic mass is 9.94. The van der Waals surface area contributed by atoms with Gasteiger partial charge in [0.05, 0.1) is 0 Å². The maximum absolute atomic E-state index is 4.42. The Kier molecular flexibility index (Phi) is 2.95. The molecule has 1 aromatic heterocycles. The van der Waals surface area contributed by atoms with E-state index >= 15 is 0 Å². The second-order valence-corrected chi connectivity index (χ2v) is 4.41. The number of anilines is 1. The molecule has 4 heteroatoms. The number of piperidine rings is 1. The van der Waals surface area contributed by atoms with Crippen molar-refractivity contribution in [3.05, 3.63) is 11.8 Å². The molecule has 0 unspecified atom stereocenters. The van der Waals surface area contributed by atoms with Gasteiger partial charge in [0, 0.05) is 31.8 Å². The van der Waals surface area contributed by atoms with E-state index in [1.165, 1.54) is 31.6 Å². The molecule has 0 aromatic carbocycles. The fourth-order valence-electron chi connectivity index (χ4n) is 2.29. The molecule has 1 aliphatic heterocycles. The third-order valence-corrected chi connectivity index (χ3v) is 3.31. The predicted molar refractivity (Wildman–Crippen MR) is 62.2 cm³/mol. The highest BCUT2D eigenvalue weighted by Gasteiger charge is 2.21. The molecule has 0 radical (unpaired) electrons. The zero-order chi connectivity index (χ0) is 10.8. The third kappa shape index (κ3) is 2.15. The molecular weight excluding hydrogens is 188 g/mol. The molecule has 1 aliphatic rings. The Labute approximate surface area is 91.3 Å². The molecule has 15 heavy (non-hydrogen) atoms. The molecule has 2 heterocycles. The van der Waals surface area contributed by atoms with E-state index in [1.54, 1.807) is 0 Å². The van der Waals surface area contributed by atoms with Crippen LogP contribution in [0.25, 0.3) is 0 Å². The number of rotatable bonds is 2. The van der Waals surface area contributed by atoms with Crippen molar-refractivity contribution in [2.45, 2.75) is 18.8 Å². The molecule has 0 aliphatic carbocycles. The quantitative estimate of drug-likeness (QED) is 0.794. The lowest BCUT2D eigenvalue weighted by molar-refractivity contribution is 0.251. The Bertz CT molecular complexity index is 323. The van der Waals surface area contributed by atoms with Crippen molar-refractivity contribution in [3.63, 3.8) is 0 Å². The van der Waals surface area contributed by atoms with Gasteiger partial charge in [-0.15, -0.1) is 0 Å². The first-order valence-electron chi connectivity index (χ1n) is 5.61. The van der Waals surface area contributed by atoms with Crippen LogP contribution in [0.5, 0.6) is 0 Å². The van der Waals surface area contributed by atoms with E-state index in [2.05, 4.69) is 28.4 Å². The third-order valence-electron chi connectivity index (χ3n) is 3.31. The van der Waals surface area contributed by atoms with E-state index < -0.39 is 0 Å². The van der Waals surface area contributed by atoms with Crippen LogP contribution in [0.2, 0.25) is 0 Å². The van der Waals surface area contributed by atoms with E-state index in [-0.39, 0.29) is 0 Å². The second kappa shape index (κ2) is 4.23. The smallest absolute Gasteiger partial charge is 0.148 e. The highest BCUT2D eigenvalue weighted by atomic mass is 15.3. The Morgan fingerprint density at radius 3 is 2.53 bits per heavy atom. The minimum Gasteiger partial charge on any atom is -0.372 e. The summed E-state index contributed by atoms with van der Waals surface area (Å²) >= 11 is 0. The minimum atomic E-state index is 0.681. The molecule has 0 bridgehead atoms. The van der Waals surface area contributed by atoms with Crippen LogP contribution in [0.15, 0.2) is 6.07 Å². The summed E-state index contributed by atoms with van der Waals surface area (Å²) in [5.41, 5.74) is 1.37. The summed E-state index contributed by atoms with van der Waals surface area (Å²) in [5.74, 6) is 1.66. The Morgan fingerprint density at radius 2 is 2.00 bits per heavy atom. The summed E-state index contributed by atoms with van der Waals surface area (Å²) in [5, 5.41) is 7.51. The van der Waals surface area contributed by atoms with Crippen LogP contribution in [-0.2, 0) is 7.05 Å². The summed E-state index contributed by atoms with van der Waals surface area (Å²) in [6.45, 7) is 2.40. The normalized spacial score (nSPS) is 19.4. The van der Waals surface area contributed by atoms with Gasteiger partial charge in [-0.2, -0.15) is 5.10 Å². The van der Waals surface area contributed by atoms with Crippen LogP contribution in [-0.4, -0.2) is 41.9 Å². The maximum Gasteiger partial charge on any atom is 0.148 e. The number of aromatic nitrogens is 2. The number of hydrogen-bond donors (Lipinski definition) is 1. The van der Waals surface area contributed by atoms with Gasteiger partial charge in [-0.05, 0) is 33.0 Å². The molecular formula is C11H20N4. The molecule has 4 nitrogen and oxygen atoms in total. The van der Waals surface area contributed by atoms with Gasteiger partial charge in [0.15, 0.2) is 0 Å². The van der Waals surface area contributed by atoms with Crippen LogP contribution in [0.4, 0.5) is 5.82 Å². The molecule has 2 rings (SSSR count). The highest BCUT2D eigenvalue weighted by molar-refractivity contribution is 5.36. The van der Waals surface area contributed by atoms with Crippen LogP contribution >= 0.6 is 0 Å². The van der Waals surface area contributed by atoms with Gasteiger partial charge in [-0.1, -0.05) is 0 Å². The standard InChI is InChI=1S/C11H20N4/c1-12-11-8-10(15(3)13-11)9-4-6-14(2)7-5-9/h8-9H,4-7H2,1-3H3,(H,12,13). The number of nitrogens with zero attached hydrogens (tertiary/aromatic N) is 3. The molecule has 0 spiro atoms. The van der Waals surface area contributed by atoms with Crippen molar-refractivity contribution in [1.29, 1.82) is 0 Å². The molecule has 0 saturated carbocycles. The summed E-state index contributed by atoms with van der Waals surface area (Å²) < 4.78 is 2.02. The Balaban J connectivity index is 2.11. The van der Waals surface area contributed by atoms with Crippen molar-refractivity contribution in [2.75, 3.05) is 32.5 Å². The van der Waals surface area contributed by atoms with Gasteiger partial charge in [-0.3, -0.25) is 4.68 Å². The molecule has 0 amide bonds. The zero-order valence-corrected chi connectivity index (χ0v) is 9.82. The van der Waals surface area contributed by atoms with Crippen molar-refractivity contribution < 1.29 is 0 Å². The van der Waals surface area contributed by atoms with E-state index in [9.17, 15) is 0 Å². The number of likely N-dealkylation sites (tertiary alicyclic amines) is 1. The topological polar surface area (TPSA) is 33.1 Å². The van der Waals surface area contributed by atoms with Crippen LogP contribution in [0.3, 0.4) is 0 Å². The van der Waals surface area contributed by atoms with Gasteiger partial charge in [0.1, 0.15) is 5.82 Å². The second-order valence-electron chi connectivity index (χ2n) is 4.41. The molecule has 1 saturated heterocycles. The van der Waals surface area contributed by atoms with Crippen molar-refractivity contribution in [2.24, 2.45) is 7.05 Å². The van der Waals surface area contributed by atoms with Crippen LogP contribution in [0.1, 0.15) is 24.5 Å². The van der Waals surface area contributed by atoms with Crippen molar-refractivity contribution in [1.82, 2.24) is 14.7 Å². The van der Waals surface area contributed by atoms with Gasteiger partial charge >= 0.3 is 0 Å². The van der Waals surface area contributed by atoms with Crippen LogP contribution in [0, 0.1) is 0 Å². The van der Waals surface area contributed by atoms with E-state index in [0.29, 0.717) is 5.92 Å². The zero-order valence-electron chi connectivity index (χ0n) is 9.82. The maximum atomic E-state index is 4.42.